The molecule has 6 rings (SSSR count). The molecule has 1 aromatic heterocycles. The van der Waals surface area contributed by atoms with Crippen LogP contribution < -0.4 is 9.80 Å². The fraction of sp³-hybridized carbons (Fsp3) is 0.545. The molecule has 9 heteroatoms. The van der Waals surface area contributed by atoms with E-state index in [9.17, 15) is 4.79 Å². The summed E-state index contributed by atoms with van der Waals surface area (Å²) in [5.74, 6) is 1.38. The fourth-order valence-corrected chi connectivity index (χ4v) is 5.57. The number of aliphatic imine (C=N–C) groups is 1. The molecule has 1 amide bonds. The van der Waals surface area contributed by atoms with E-state index in [4.69, 9.17) is 20.9 Å². The molecule has 162 valence electrons. The molecule has 0 bridgehead atoms. The van der Waals surface area contributed by atoms with E-state index in [1.807, 2.05) is 30.0 Å². The summed E-state index contributed by atoms with van der Waals surface area (Å²) in [5.41, 5.74) is 0.884. The Hall–Kier alpha value is -2.45. The van der Waals surface area contributed by atoms with Crippen molar-refractivity contribution < 1.29 is 14.1 Å². The van der Waals surface area contributed by atoms with Gasteiger partial charge in [0.15, 0.2) is 11.9 Å². The van der Waals surface area contributed by atoms with E-state index in [0.29, 0.717) is 23.4 Å². The predicted octanol–water partition coefficient (Wildman–Crippen LogP) is 4.21. The number of nitrogens with zero attached hydrogens (tertiary/aromatic N) is 5. The smallest absolute Gasteiger partial charge is 0.255 e. The lowest BCUT2D eigenvalue weighted by Crippen LogP contribution is -2.60. The molecule has 0 N–H and O–H groups in total. The van der Waals surface area contributed by atoms with Crippen molar-refractivity contribution in [2.45, 2.75) is 69.2 Å². The molecule has 1 saturated heterocycles. The van der Waals surface area contributed by atoms with E-state index in [1.165, 1.54) is 12.8 Å². The van der Waals surface area contributed by atoms with Crippen molar-refractivity contribution in [1.29, 1.82) is 0 Å². The van der Waals surface area contributed by atoms with Gasteiger partial charge in [-0.15, -0.1) is 0 Å². The van der Waals surface area contributed by atoms with Crippen molar-refractivity contribution in [2.24, 2.45) is 4.99 Å². The first-order valence-electron chi connectivity index (χ1n) is 11.0. The Morgan fingerprint density at radius 3 is 2.81 bits per heavy atom. The molecule has 1 aromatic carbocycles. The summed E-state index contributed by atoms with van der Waals surface area (Å²) in [6.07, 6.45) is 7.91. The highest BCUT2D eigenvalue weighted by atomic mass is 35.5. The van der Waals surface area contributed by atoms with Crippen molar-refractivity contribution in [3.63, 3.8) is 0 Å². The van der Waals surface area contributed by atoms with E-state index in [0.717, 1.165) is 42.9 Å². The number of halogens is 1. The van der Waals surface area contributed by atoms with E-state index in [1.54, 1.807) is 11.2 Å². The Labute approximate surface area is 185 Å². The Kier molecular flexibility index (Phi) is 4.37. The normalized spacial score (nSPS) is 30.3. The van der Waals surface area contributed by atoms with Gasteiger partial charge in [-0.05, 0) is 50.8 Å². The Balaban J connectivity index is 1.40. The number of fused-ring (bicyclic) bond motifs is 3. The van der Waals surface area contributed by atoms with Crippen molar-refractivity contribution in [3.05, 3.63) is 34.9 Å². The maximum absolute atomic E-state index is 13.9. The highest BCUT2D eigenvalue weighted by molar-refractivity contribution is 6.31. The average molecular weight is 442 g/mol. The minimum absolute atomic E-state index is 0.0951. The van der Waals surface area contributed by atoms with Crippen molar-refractivity contribution in [1.82, 2.24) is 10.1 Å². The van der Waals surface area contributed by atoms with Gasteiger partial charge < -0.3 is 14.2 Å². The number of benzene rings is 1. The number of rotatable bonds is 3. The zero-order valence-corrected chi connectivity index (χ0v) is 18.1. The molecule has 31 heavy (non-hydrogen) atoms. The lowest BCUT2D eigenvalue weighted by Gasteiger charge is -2.46. The third kappa shape index (κ3) is 2.91. The molecular weight excluding hydrogens is 418 g/mol. The van der Waals surface area contributed by atoms with Crippen molar-refractivity contribution in [2.75, 3.05) is 16.4 Å². The fourth-order valence-electron chi connectivity index (χ4n) is 5.40. The number of carbonyl (C=O) groups is 1. The largest absolute Gasteiger partial charge is 0.355 e. The molecule has 3 aliphatic heterocycles. The summed E-state index contributed by atoms with van der Waals surface area (Å²) in [6, 6.07) is 4.44. The van der Waals surface area contributed by atoms with Crippen LogP contribution in [0.25, 0.3) is 0 Å². The molecule has 4 heterocycles. The molecular formula is C22H24ClN5O3. The summed E-state index contributed by atoms with van der Waals surface area (Å²) < 4.78 is 11.7. The standard InChI is InChI=1S/C22H24ClN5O3/c1-22(9-4-10-30-22)28-16-11-14(23)7-8-15(16)27-12-24-17(18(27)21(28)29)20-25-19(26-31-20)13-5-2-3-6-13/h7-8,11-13,17-18H,2-6,9-10H2,1H3. The topological polar surface area (TPSA) is 84.1 Å². The number of amides is 1. The van der Waals surface area contributed by atoms with Gasteiger partial charge in [0, 0.05) is 17.5 Å². The van der Waals surface area contributed by atoms with Crippen LogP contribution in [-0.4, -0.2) is 40.8 Å². The third-order valence-corrected chi connectivity index (χ3v) is 7.22. The molecule has 1 aliphatic carbocycles. The van der Waals surface area contributed by atoms with Gasteiger partial charge in [-0.1, -0.05) is 29.6 Å². The minimum atomic E-state index is -0.723. The SMILES string of the molecule is CC1(N2C(=O)C3C(c4nc(C5CCCC5)no4)N=CN3c3ccc(Cl)cc32)CCCO1. The second-order valence-electron chi connectivity index (χ2n) is 8.97. The summed E-state index contributed by atoms with van der Waals surface area (Å²) in [7, 11) is 0. The van der Waals surface area contributed by atoms with Gasteiger partial charge >= 0.3 is 0 Å². The van der Waals surface area contributed by atoms with E-state index in [2.05, 4.69) is 15.1 Å². The van der Waals surface area contributed by atoms with Gasteiger partial charge in [0.25, 0.3) is 11.8 Å². The molecule has 3 unspecified atom stereocenters. The molecule has 4 aliphatic rings. The number of hydrogen-bond donors (Lipinski definition) is 0. The summed E-state index contributed by atoms with van der Waals surface area (Å²) in [6.45, 7) is 2.59. The molecule has 2 fully saturated rings. The molecule has 1 saturated carbocycles. The zero-order chi connectivity index (χ0) is 21.2. The number of carbonyl (C=O) groups excluding carboxylic acids is 1. The monoisotopic (exact) mass is 441 g/mol. The van der Waals surface area contributed by atoms with Gasteiger partial charge in [0.2, 0.25) is 0 Å². The Morgan fingerprint density at radius 2 is 2.03 bits per heavy atom. The molecule has 2 aromatic rings. The number of hydrogen-bond acceptors (Lipinski definition) is 7. The van der Waals surface area contributed by atoms with Crippen LogP contribution in [0.5, 0.6) is 0 Å². The van der Waals surface area contributed by atoms with Crippen LogP contribution in [0.2, 0.25) is 5.02 Å². The van der Waals surface area contributed by atoms with Gasteiger partial charge in [-0.25, -0.2) is 0 Å². The first-order valence-corrected chi connectivity index (χ1v) is 11.4. The Bertz CT molecular complexity index is 1060. The number of aromatic nitrogens is 2. The summed E-state index contributed by atoms with van der Waals surface area (Å²) >= 11 is 6.31. The first kappa shape index (κ1) is 19.3. The van der Waals surface area contributed by atoms with E-state index in [-0.39, 0.29) is 5.91 Å². The summed E-state index contributed by atoms with van der Waals surface area (Å²) in [5, 5.41) is 4.80. The average Bonchev–Trinajstić information content (AvgIpc) is 3.53. The first-order chi connectivity index (χ1) is 15.0. The van der Waals surface area contributed by atoms with Crippen LogP contribution >= 0.6 is 11.6 Å². The van der Waals surface area contributed by atoms with Crippen LogP contribution in [0.1, 0.15) is 69.1 Å². The van der Waals surface area contributed by atoms with Crippen LogP contribution in [0.3, 0.4) is 0 Å². The predicted molar refractivity (Wildman–Crippen MR) is 116 cm³/mol. The van der Waals surface area contributed by atoms with E-state index < -0.39 is 17.8 Å². The maximum atomic E-state index is 13.9. The lowest BCUT2D eigenvalue weighted by atomic mass is 9.97. The minimum Gasteiger partial charge on any atom is -0.355 e. The van der Waals surface area contributed by atoms with E-state index >= 15 is 0 Å². The van der Waals surface area contributed by atoms with Crippen molar-refractivity contribution in [3.8, 4) is 0 Å². The van der Waals surface area contributed by atoms with Gasteiger partial charge in [0.1, 0.15) is 11.8 Å². The van der Waals surface area contributed by atoms with Crippen LogP contribution in [0, 0.1) is 0 Å². The molecule has 8 nitrogen and oxygen atoms in total. The Morgan fingerprint density at radius 1 is 1.19 bits per heavy atom. The van der Waals surface area contributed by atoms with Crippen LogP contribution in [0.15, 0.2) is 27.7 Å². The quantitative estimate of drug-likeness (QED) is 0.709. The number of ether oxygens (including phenoxy) is 1. The number of anilines is 2. The maximum Gasteiger partial charge on any atom is 0.255 e. The van der Waals surface area contributed by atoms with Gasteiger partial charge in [-0.3, -0.25) is 14.7 Å². The summed E-state index contributed by atoms with van der Waals surface area (Å²) in [4.78, 5) is 26.9. The van der Waals surface area contributed by atoms with Crippen LogP contribution in [0.4, 0.5) is 11.4 Å². The zero-order valence-electron chi connectivity index (χ0n) is 17.3. The molecule has 0 radical (unpaired) electrons. The third-order valence-electron chi connectivity index (χ3n) is 6.98. The molecule has 3 atom stereocenters. The van der Waals surface area contributed by atoms with Crippen LogP contribution in [-0.2, 0) is 9.53 Å². The second-order valence-corrected chi connectivity index (χ2v) is 9.40. The molecule has 0 spiro atoms. The van der Waals surface area contributed by atoms with Gasteiger partial charge in [0.05, 0.1) is 17.7 Å². The highest BCUT2D eigenvalue weighted by Gasteiger charge is 2.53. The second kappa shape index (κ2) is 7.03. The van der Waals surface area contributed by atoms with Gasteiger partial charge in [-0.2, -0.15) is 4.98 Å². The highest BCUT2D eigenvalue weighted by Crippen LogP contribution is 2.48. The lowest BCUT2D eigenvalue weighted by molar-refractivity contribution is -0.125. The van der Waals surface area contributed by atoms with Crippen molar-refractivity contribution >= 4 is 35.2 Å².